The van der Waals surface area contributed by atoms with E-state index in [1.165, 1.54) is 10.2 Å². The number of rotatable bonds is 9. The SMILES string of the molecule is Cc1ccc(S(=O)(=O)Cn2nnnc2[C@H](CC(C)C)N2CCN(Cc3ccccc3)CC2)cc1. The minimum absolute atomic E-state index is 0.0258. The predicted octanol–water partition coefficient (Wildman–Crippen LogP) is 3.32. The molecular formula is C25H34N6O2S. The highest BCUT2D eigenvalue weighted by Gasteiger charge is 2.31. The number of benzene rings is 2. The van der Waals surface area contributed by atoms with Crippen molar-refractivity contribution in [3.63, 3.8) is 0 Å². The van der Waals surface area contributed by atoms with Crippen LogP contribution in [0.4, 0.5) is 0 Å². The van der Waals surface area contributed by atoms with Crippen molar-refractivity contribution >= 4 is 9.84 Å². The fraction of sp³-hybridized carbons (Fsp3) is 0.480. The van der Waals surface area contributed by atoms with Crippen molar-refractivity contribution in [2.45, 2.75) is 50.6 Å². The third kappa shape index (κ3) is 6.08. The Hall–Kier alpha value is -2.62. The molecule has 0 amide bonds. The number of nitrogens with zero attached hydrogens (tertiary/aromatic N) is 6. The Kier molecular flexibility index (Phi) is 7.75. The average molecular weight is 483 g/mol. The lowest BCUT2D eigenvalue weighted by molar-refractivity contribution is 0.0772. The Bertz CT molecular complexity index is 1150. The molecule has 0 radical (unpaired) electrons. The van der Waals surface area contributed by atoms with Crippen LogP contribution in [-0.2, 0) is 22.3 Å². The predicted molar refractivity (Wildman–Crippen MR) is 132 cm³/mol. The normalized spacial score (nSPS) is 16.7. The fourth-order valence-electron chi connectivity index (χ4n) is 4.46. The van der Waals surface area contributed by atoms with Crippen LogP contribution in [0, 0.1) is 12.8 Å². The van der Waals surface area contributed by atoms with Gasteiger partial charge < -0.3 is 0 Å². The molecular weight excluding hydrogens is 448 g/mol. The summed E-state index contributed by atoms with van der Waals surface area (Å²) < 4.78 is 27.6. The second kappa shape index (κ2) is 10.8. The van der Waals surface area contributed by atoms with Gasteiger partial charge in [0, 0.05) is 32.7 Å². The van der Waals surface area contributed by atoms with Gasteiger partial charge in [-0.1, -0.05) is 61.9 Å². The Labute approximate surface area is 202 Å². The number of sulfone groups is 1. The van der Waals surface area contributed by atoms with E-state index in [-0.39, 0.29) is 16.8 Å². The van der Waals surface area contributed by atoms with Crippen molar-refractivity contribution < 1.29 is 8.42 Å². The quantitative estimate of drug-likeness (QED) is 0.463. The van der Waals surface area contributed by atoms with Crippen LogP contribution in [-0.4, -0.2) is 64.6 Å². The highest BCUT2D eigenvalue weighted by atomic mass is 32.2. The zero-order chi connectivity index (χ0) is 24.1. The van der Waals surface area contributed by atoms with Crippen LogP contribution in [0.3, 0.4) is 0 Å². The van der Waals surface area contributed by atoms with Crippen LogP contribution in [0.15, 0.2) is 59.5 Å². The fourth-order valence-corrected chi connectivity index (χ4v) is 5.67. The minimum atomic E-state index is -3.56. The first-order chi connectivity index (χ1) is 16.3. The molecule has 2 aromatic carbocycles. The van der Waals surface area contributed by atoms with E-state index in [4.69, 9.17) is 0 Å². The summed E-state index contributed by atoms with van der Waals surface area (Å²) in [6, 6.07) is 17.4. The smallest absolute Gasteiger partial charge is 0.198 e. The molecule has 1 saturated heterocycles. The molecule has 4 rings (SSSR count). The Morgan fingerprint density at radius 1 is 0.941 bits per heavy atom. The lowest BCUT2D eigenvalue weighted by Crippen LogP contribution is -2.48. The van der Waals surface area contributed by atoms with Crippen LogP contribution in [0.2, 0.25) is 0 Å². The van der Waals surface area contributed by atoms with Gasteiger partial charge in [-0.15, -0.1) is 5.10 Å². The molecule has 2 heterocycles. The lowest BCUT2D eigenvalue weighted by Gasteiger charge is -2.39. The van der Waals surface area contributed by atoms with Crippen LogP contribution < -0.4 is 0 Å². The van der Waals surface area contributed by atoms with Gasteiger partial charge in [0.2, 0.25) is 0 Å². The monoisotopic (exact) mass is 482 g/mol. The van der Waals surface area contributed by atoms with Crippen LogP contribution in [0.25, 0.3) is 0 Å². The first kappa shape index (κ1) is 24.5. The molecule has 0 aliphatic carbocycles. The molecule has 1 aromatic heterocycles. The van der Waals surface area contributed by atoms with E-state index in [1.54, 1.807) is 12.1 Å². The summed E-state index contributed by atoms with van der Waals surface area (Å²) in [5.41, 5.74) is 2.34. The molecule has 0 N–H and O–H groups in total. The number of hydrogen-bond acceptors (Lipinski definition) is 7. The zero-order valence-corrected chi connectivity index (χ0v) is 21.0. The Morgan fingerprint density at radius 3 is 2.26 bits per heavy atom. The molecule has 1 fully saturated rings. The molecule has 9 heteroatoms. The Balaban J connectivity index is 1.48. The number of aryl methyl sites for hydroxylation is 1. The van der Waals surface area contributed by atoms with Gasteiger partial charge in [-0.2, -0.15) is 0 Å². The van der Waals surface area contributed by atoms with E-state index in [0.717, 1.165) is 44.7 Å². The largest absolute Gasteiger partial charge is 0.297 e. The Morgan fingerprint density at radius 2 is 1.62 bits per heavy atom. The summed E-state index contributed by atoms with van der Waals surface area (Å²) in [5.74, 6) is 0.785. The minimum Gasteiger partial charge on any atom is -0.297 e. The second-order valence-electron chi connectivity index (χ2n) is 9.54. The van der Waals surface area contributed by atoms with Crippen molar-refractivity contribution in [3.8, 4) is 0 Å². The molecule has 0 saturated carbocycles. The van der Waals surface area contributed by atoms with Gasteiger partial charge >= 0.3 is 0 Å². The van der Waals surface area contributed by atoms with E-state index in [0.29, 0.717) is 11.7 Å². The average Bonchev–Trinajstić information content (AvgIpc) is 3.26. The summed E-state index contributed by atoms with van der Waals surface area (Å²) in [6.45, 7) is 10.9. The van der Waals surface area contributed by atoms with Crippen LogP contribution >= 0.6 is 0 Å². The van der Waals surface area contributed by atoms with Crippen molar-refractivity contribution in [1.29, 1.82) is 0 Å². The first-order valence-corrected chi connectivity index (χ1v) is 13.5. The third-order valence-corrected chi connectivity index (χ3v) is 7.90. The highest BCUT2D eigenvalue weighted by molar-refractivity contribution is 7.90. The van der Waals surface area contributed by atoms with Crippen molar-refractivity contribution in [2.24, 2.45) is 5.92 Å². The molecule has 1 aliphatic heterocycles. The highest BCUT2D eigenvalue weighted by Crippen LogP contribution is 2.28. The van der Waals surface area contributed by atoms with Gasteiger partial charge in [-0.05, 0) is 47.4 Å². The lowest BCUT2D eigenvalue weighted by atomic mass is 10.0. The zero-order valence-electron chi connectivity index (χ0n) is 20.2. The topological polar surface area (TPSA) is 84.2 Å². The summed E-state index contributed by atoms with van der Waals surface area (Å²) in [7, 11) is -3.56. The molecule has 34 heavy (non-hydrogen) atoms. The first-order valence-electron chi connectivity index (χ1n) is 11.9. The molecule has 3 aromatic rings. The van der Waals surface area contributed by atoms with Crippen LogP contribution in [0.5, 0.6) is 0 Å². The number of tetrazole rings is 1. The van der Waals surface area contributed by atoms with Gasteiger partial charge in [0.1, 0.15) is 0 Å². The van der Waals surface area contributed by atoms with Gasteiger partial charge in [0.25, 0.3) is 0 Å². The van der Waals surface area contributed by atoms with Crippen molar-refractivity contribution in [1.82, 2.24) is 30.0 Å². The number of hydrogen-bond donors (Lipinski definition) is 0. The molecule has 0 unspecified atom stereocenters. The van der Waals surface area contributed by atoms with Crippen molar-refractivity contribution in [3.05, 3.63) is 71.5 Å². The summed E-state index contributed by atoms with van der Waals surface area (Å²) >= 11 is 0. The van der Waals surface area contributed by atoms with Gasteiger partial charge in [-0.25, -0.2) is 13.1 Å². The molecule has 0 bridgehead atoms. The maximum Gasteiger partial charge on any atom is 0.198 e. The van der Waals surface area contributed by atoms with Gasteiger partial charge in [-0.3, -0.25) is 9.80 Å². The number of piperazine rings is 1. The summed E-state index contributed by atoms with van der Waals surface area (Å²) in [5, 5.41) is 12.3. The summed E-state index contributed by atoms with van der Waals surface area (Å²) in [6.07, 6.45) is 0.865. The van der Waals surface area contributed by atoms with Crippen LogP contribution in [0.1, 0.15) is 43.3 Å². The van der Waals surface area contributed by atoms with E-state index >= 15 is 0 Å². The molecule has 0 spiro atoms. The van der Waals surface area contributed by atoms with E-state index in [9.17, 15) is 8.42 Å². The maximum atomic E-state index is 13.1. The maximum absolute atomic E-state index is 13.1. The summed E-state index contributed by atoms with van der Waals surface area (Å²) in [4.78, 5) is 5.15. The van der Waals surface area contributed by atoms with Crippen molar-refractivity contribution in [2.75, 3.05) is 26.2 Å². The van der Waals surface area contributed by atoms with Gasteiger partial charge in [0.15, 0.2) is 21.5 Å². The standard InChI is InChI=1S/C25H34N6O2S/c1-20(2)17-24(30-15-13-29(14-16-30)18-22-7-5-4-6-8-22)25-26-27-28-31(25)19-34(32,33)23-11-9-21(3)10-12-23/h4-12,20,24H,13-19H2,1-3H3/t24-/m0/s1. The molecule has 8 nitrogen and oxygen atoms in total. The number of aromatic nitrogens is 4. The molecule has 1 aliphatic rings. The van der Waals surface area contributed by atoms with E-state index < -0.39 is 9.84 Å². The van der Waals surface area contributed by atoms with Gasteiger partial charge in [0.05, 0.1) is 10.9 Å². The van der Waals surface area contributed by atoms with E-state index in [1.807, 2.05) is 25.1 Å². The molecule has 1 atom stereocenters. The molecule has 182 valence electrons. The second-order valence-corrected chi connectivity index (χ2v) is 11.5. The third-order valence-electron chi connectivity index (χ3n) is 6.32. The van der Waals surface area contributed by atoms with E-state index in [2.05, 4.69) is 63.4 Å².